The van der Waals surface area contributed by atoms with Crippen molar-refractivity contribution in [3.8, 4) is 0 Å². The molecule has 6 N–H and O–H groups in total. The second kappa shape index (κ2) is 15.0. The number of hydrogen-bond donors (Lipinski definition) is 5. The number of pyridine rings is 1. The lowest BCUT2D eigenvalue weighted by Gasteiger charge is -2.32. The first-order valence-corrected chi connectivity index (χ1v) is 13.1. The number of nitrogens with zero attached hydrogens (tertiary/aromatic N) is 1. The van der Waals surface area contributed by atoms with Crippen LogP contribution in [0.4, 0.5) is 4.79 Å². The average Bonchev–Trinajstić information content (AvgIpc) is 2.95. The highest BCUT2D eigenvalue weighted by molar-refractivity contribution is 5.86. The molecule has 9 nitrogen and oxygen atoms in total. The number of hydrogen-bond acceptors (Lipinski definition) is 7. The van der Waals surface area contributed by atoms with E-state index in [1.807, 2.05) is 60.7 Å². The first-order valence-electron chi connectivity index (χ1n) is 13.1. The van der Waals surface area contributed by atoms with Crippen LogP contribution >= 0.6 is 0 Å². The highest BCUT2D eigenvalue weighted by Gasteiger charge is 2.34. The van der Waals surface area contributed by atoms with Gasteiger partial charge in [-0.1, -0.05) is 80.6 Å². The number of benzene rings is 2. The van der Waals surface area contributed by atoms with E-state index in [2.05, 4.69) is 15.6 Å². The number of nitrogens with two attached hydrogens (primary N) is 1. The summed E-state index contributed by atoms with van der Waals surface area (Å²) in [7, 11) is 0. The smallest absolute Gasteiger partial charge is 0.408 e. The Labute approximate surface area is 229 Å². The van der Waals surface area contributed by atoms with Crippen molar-refractivity contribution in [2.24, 2.45) is 11.7 Å². The Balaban J connectivity index is 1.69. The molecule has 0 spiro atoms. The van der Waals surface area contributed by atoms with Gasteiger partial charge >= 0.3 is 6.09 Å². The van der Waals surface area contributed by atoms with Crippen molar-refractivity contribution >= 4 is 12.0 Å². The van der Waals surface area contributed by atoms with Gasteiger partial charge in [-0.3, -0.25) is 9.78 Å². The molecule has 0 saturated carbocycles. The fourth-order valence-electron chi connectivity index (χ4n) is 4.23. The molecule has 1 aromatic heterocycles. The number of amides is 2. The molecular weight excluding hydrogens is 496 g/mol. The van der Waals surface area contributed by atoms with Crippen molar-refractivity contribution in [1.29, 1.82) is 0 Å². The number of aliphatic hydroxyl groups is 2. The van der Waals surface area contributed by atoms with Crippen molar-refractivity contribution in [2.75, 3.05) is 0 Å². The van der Waals surface area contributed by atoms with Gasteiger partial charge in [0, 0.05) is 24.0 Å². The monoisotopic (exact) mass is 534 g/mol. The molecule has 0 bridgehead atoms. The van der Waals surface area contributed by atoms with Crippen LogP contribution in [0.5, 0.6) is 0 Å². The van der Waals surface area contributed by atoms with E-state index in [9.17, 15) is 19.8 Å². The third kappa shape index (κ3) is 9.47. The van der Waals surface area contributed by atoms with Crippen LogP contribution in [0.25, 0.3) is 0 Å². The van der Waals surface area contributed by atoms with E-state index in [4.69, 9.17) is 10.5 Å². The summed E-state index contributed by atoms with van der Waals surface area (Å²) in [6.45, 7) is 3.59. The van der Waals surface area contributed by atoms with Crippen molar-refractivity contribution in [3.63, 3.8) is 0 Å². The van der Waals surface area contributed by atoms with Crippen LogP contribution in [0.2, 0.25) is 0 Å². The molecule has 0 aliphatic heterocycles. The standard InChI is InChI=1S/C30H38N4O5/c1-20(2)26(34-30(38)39-19-23-14-9-15-32-18-23)29(37)33-25(17-22-12-7-4-8-13-22)28(36)27(35)24(31)16-21-10-5-3-6-11-21/h3-15,18,20,24-28,35-36H,16-17,19,31H2,1-2H3,(H,33,37)(H,34,38)/t24-,25-,26-,27-,28+/m0/s1. The quantitative estimate of drug-likeness (QED) is 0.226. The number of aromatic nitrogens is 1. The molecule has 2 amide bonds. The summed E-state index contributed by atoms with van der Waals surface area (Å²) in [6.07, 6.45) is 0.381. The first kappa shape index (κ1) is 29.8. The predicted molar refractivity (Wildman–Crippen MR) is 148 cm³/mol. The van der Waals surface area contributed by atoms with Gasteiger partial charge in [0.1, 0.15) is 18.8 Å². The van der Waals surface area contributed by atoms with Crippen LogP contribution in [-0.4, -0.2) is 57.5 Å². The maximum atomic E-state index is 13.4. The van der Waals surface area contributed by atoms with Crippen LogP contribution in [0, 0.1) is 5.92 Å². The topological polar surface area (TPSA) is 147 Å². The van der Waals surface area contributed by atoms with Crippen molar-refractivity contribution in [1.82, 2.24) is 15.6 Å². The Bertz CT molecular complexity index is 1150. The molecule has 2 aromatic carbocycles. The Hall–Kier alpha value is -3.79. The fourth-order valence-corrected chi connectivity index (χ4v) is 4.23. The number of aliphatic hydroxyl groups excluding tert-OH is 2. The molecule has 3 rings (SSSR count). The zero-order valence-electron chi connectivity index (χ0n) is 22.3. The average molecular weight is 535 g/mol. The molecule has 3 aromatic rings. The predicted octanol–water partition coefficient (Wildman–Crippen LogP) is 2.35. The van der Waals surface area contributed by atoms with Gasteiger partial charge in [-0.15, -0.1) is 0 Å². The molecular formula is C30H38N4O5. The lowest BCUT2D eigenvalue weighted by Crippen LogP contribution is -2.59. The third-order valence-corrected chi connectivity index (χ3v) is 6.46. The normalized spacial score (nSPS) is 15.0. The minimum Gasteiger partial charge on any atom is -0.445 e. The van der Waals surface area contributed by atoms with Crippen LogP contribution in [0.3, 0.4) is 0 Å². The SMILES string of the molecule is CC(C)[C@H](NC(=O)OCc1cccnc1)C(=O)N[C@@H](Cc1ccccc1)[C@@H](O)[C@@H](O)[C@@H](N)Cc1ccccc1. The molecule has 9 heteroatoms. The van der Waals surface area contributed by atoms with Crippen molar-refractivity contribution < 1.29 is 24.5 Å². The Morgan fingerprint density at radius 2 is 1.44 bits per heavy atom. The highest BCUT2D eigenvalue weighted by Crippen LogP contribution is 2.15. The van der Waals surface area contributed by atoms with Crippen LogP contribution in [0.1, 0.15) is 30.5 Å². The lowest BCUT2D eigenvalue weighted by atomic mass is 9.91. The van der Waals surface area contributed by atoms with Crippen LogP contribution < -0.4 is 16.4 Å². The fraction of sp³-hybridized carbons (Fsp3) is 0.367. The van der Waals surface area contributed by atoms with Gasteiger partial charge in [0.25, 0.3) is 0 Å². The van der Waals surface area contributed by atoms with Crippen molar-refractivity contribution in [2.45, 2.75) is 63.6 Å². The summed E-state index contributed by atoms with van der Waals surface area (Å²) in [5.74, 6) is -0.789. The summed E-state index contributed by atoms with van der Waals surface area (Å²) in [5.41, 5.74) is 8.76. The van der Waals surface area contributed by atoms with Gasteiger partial charge in [0.2, 0.25) is 5.91 Å². The molecule has 5 atom stereocenters. The second-order valence-corrected chi connectivity index (χ2v) is 9.94. The van der Waals surface area contributed by atoms with Gasteiger partial charge < -0.3 is 31.3 Å². The van der Waals surface area contributed by atoms with E-state index >= 15 is 0 Å². The van der Waals surface area contributed by atoms with Crippen LogP contribution in [0.15, 0.2) is 85.2 Å². The number of nitrogens with one attached hydrogen (secondary N) is 2. The van der Waals surface area contributed by atoms with Crippen molar-refractivity contribution in [3.05, 3.63) is 102 Å². The molecule has 0 aliphatic rings. The molecule has 0 fully saturated rings. The minimum absolute atomic E-state index is 0.00689. The highest BCUT2D eigenvalue weighted by atomic mass is 16.5. The van der Waals surface area contributed by atoms with Gasteiger partial charge in [-0.05, 0) is 36.0 Å². The number of carbonyl (C=O) groups is 2. The lowest BCUT2D eigenvalue weighted by molar-refractivity contribution is -0.126. The zero-order chi connectivity index (χ0) is 28.2. The number of alkyl carbamates (subject to hydrolysis) is 1. The summed E-state index contributed by atoms with van der Waals surface area (Å²) < 4.78 is 5.26. The zero-order valence-corrected chi connectivity index (χ0v) is 22.3. The Morgan fingerprint density at radius 3 is 2.00 bits per heavy atom. The van der Waals surface area contributed by atoms with Gasteiger partial charge in [0.15, 0.2) is 0 Å². The van der Waals surface area contributed by atoms with E-state index in [1.54, 1.807) is 38.4 Å². The van der Waals surface area contributed by atoms with Gasteiger partial charge in [0.05, 0.1) is 12.1 Å². The van der Waals surface area contributed by atoms with E-state index in [-0.39, 0.29) is 18.9 Å². The van der Waals surface area contributed by atoms with Gasteiger partial charge in [-0.2, -0.15) is 0 Å². The molecule has 39 heavy (non-hydrogen) atoms. The number of carbonyl (C=O) groups excluding carboxylic acids is 2. The second-order valence-electron chi connectivity index (χ2n) is 9.94. The maximum Gasteiger partial charge on any atom is 0.408 e. The van der Waals surface area contributed by atoms with Crippen LogP contribution in [-0.2, 0) is 29.0 Å². The Morgan fingerprint density at radius 1 is 0.846 bits per heavy atom. The molecule has 1 heterocycles. The summed E-state index contributed by atoms with van der Waals surface area (Å²) >= 11 is 0. The molecule has 0 aliphatic carbocycles. The largest absolute Gasteiger partial charge is 0.445 e. The van der Waals surface area contributed by atoms with E-state index in [1.165, 1.54) is 0 Å². The summed E-state index contributed by atoms with van der Waals surface area (Å²) in [6, 6.07) is 19.7. The molecule has 0 unspecified atom stereocenters. The van der Waals surface area contributed by atoms with E-state index in [0.29, 0.717) is 12.0 Å². The molecule has 208 valence electrons. The maximum absolute atomic E-state index is 13.4. The summed E-state index contributed by atoms with van der Waals surface area (Å²) in [5, 5.41) is 27.6. The van der Waals surface area contributed by atoms with E-state index in [0.717, 1.165) is 11.1 Å². The van der Waals surface area contributed by atoms with E-state index < -0.39 is 42.3 Å². The molecule has 0 radical (unpaired) electrons. The first-order chi connectivity index (χ1) is 18.7. The summed E-state index contributed by atoms with van der Waals surface area (Å²) in [4.78, 5) is 29.8. The molecule has 0 saturated heterocycles. The minimum atomic E-state index is -1.36. The number of ether oxygens (including phenoxy) is 1. The van der Waals surface area contributed by atoms with Gasteiger partial charge in [-0.25, -0.2) is 4.79 Å². The number of rotatable bonds is 13. The third-order valence-electron chi connectivity index (χ3n) is 6.46. The Kier molecular flexibility index (Phi) is 11.4.